The van der Waals surface area contributed by atoms with E-state index in [2.05, 4.69) is 39.5 Å². The Morgan fingerprint density at radius 3 is 2.96 bits per heavy atom. The zero-order valence-electron chi connectivity index (χ0n) is 13.5. The van der Waals surface area contributed by atoms with Crippen LogP contribution in [0.15, 0.2) is 41.1 Å². The van der Waals surface area contributed by atoms with Crippen LogP contribution in [0, 0.1) is 6.92 Å². The molecule has 1 amide bonds. The molecule has 1 N–H and O–H groups in total. The average Bonchev–Trinajstić information content (AvgIpc) is 3.00. The predicted molar refractivity (Wildman–Crippen MR) is 88.3 cm³/mol. The van der Waals surface area contributed by atoms with Crippen LogP contribution in [-0.4, -0.2) is 41.5 Å². The van der Waals surface area contributed by atoms with Gasteiger partial charge >= 0.3 is 0 Å². The maximum Gasteiger partial charge on any atom is 0.273 e. The number of benzene rings is 1. The fourth-order valence-electron chi connectivity index (χ4n) is 3.09. The molecule has 23 heavy (non-hydrogen) atoms. The van der Waals surface area contributed by atoms with Crippen molar-refractivity contribution in [1.82, 2.24) is 15.2 Å². The number of carbonyl (C=O) groups excluding carboxylic acids is 1. The Morgan fingerprint density at radius 2 is 2.22 bits per heavy atom. The second-order valence-electron chi connectivity index (χ2n) is 6.11. The molecular formula is C18H23N3O2. The van der Waals surface area contributed by atoms with E-state index in [1.807, 2.05) is 6.07 Å². The van der Waals surface area contributed by atoms with Gasteiger partial charge in [0.2, 0.25) is 0 Å². The van der Waals surface area contributed by atoms with Gasteiger partial charge in [-0.15, -0.1) is 0 Å². The largest absolute Gasteiger partial charge is 0.448 e. The SMILES string of the molecule is Cc1ocnc1C(=O)N[C@H]1CCCN(CCc2ccccc2)C1. The Kier molecular flexibility index (Phi) is 5.08. The van der Waals surface area contributed by atoms with Crippen LogP contribution >= 0.6 is 0 Å². The van der Waals surface area contributed by atoms with Crippen molar-refractivity contribution in [2.45, 2.75) is 32.2 Å². The van der Waals surface area contributed by atoms with Gasteiger partial charge in [0.15, 0.2) is 12.1 Å². The number of aryl methyl sites for hydroxylation is 1. The van der Waals surface area contributed by atoms with Gasteiger partial charge in [0.25, 0.3) is 5.91 Å². The predicted octanol–water partition coefficient (Wildman–Crippen LogP) is 2.42. The Balaban J connectivity index is 1.50. The highest BCUT2D eigenvalue weighted by Crippen LogP contribution is 2.13. The van der Waals surface area contributed by atoms with Crippen LogP contribution in [0.1, 0.15) is 34.7 Å². The molecule has 0 aliphatic carbocycles. The van der Waals surface area contributed by atoms with E-state index in [1.54, 1.807) is 6.92 Å². The molecule has 1 aromatic heterocycles. The van der Waals surface area contributed by atoms with Gasteiger partial charge in [-0.1, -0.05) is 30.3 Å². The summed E-state index contributed by atoms with van der Waals surface area (Å²) < 4.78 is 5.10. The molecule has 3 rings (SSSR count). The summed E-state index contributed by atoms with van der Waals surface area (Å²) in [5.41, 5.74) is 1.75. The Labute approximate surface area is 136 Å². The van der Waals surface area contributed by atoms with Crippen LogP contribution in [0.2, 0.25) is 0 Å². The lowest BCUT2D eigenvalue weighted by atomic mass is 10.0. The standard InChI is InChI=1S/C18H23N3O2/c1-14-17(19-13-23-14)18(22)20-16-8-5-10-21(12-16)11-9-15-6-3-2-4-7-15/h2-4,6-7,13,16H,5,8-12H2,1H3,(H,20,22)/t16-/m0/s1. The van der Waals surface area contributed by atoms with Gasteiger partial charge in [0.1, 0.15) is 5.76 Å². The number of rotatable bonds is 5. The molecule has 1 aliphatic rings. The second-order valence-corrected chi connectivity index (χ2v) is 6.11. The van der Waals surface area contributed by atoms with E-state index in [-0.39, 0.29) is 11.9 Å². The molecule has 1 atom stereocenters. The molecular weight excluding hydrogens is 290 g/mol. The molecule has 0 saturated carbocycles. The first-order valence-corrected chi connectivity index (χ1v) is 8.19. The van der Waals surface area contributed by atoms with Crippen molar-refractivity contribution in [2.75, 3.05) is 19.6 Å². The number of hydrogen-bond acceptors (Lipinski definition) is 4. The number of piperidine rings is 1. The lowest BCUT2D eigenvalue weighted by molar-refractivity contribution is 0.0898. The van der Waals surface area contributed by atoms with Crippen molar-refractivity contribution < 1.29 is 9.21 Å². The van der Waals surface area contributed by atoms with Gasteiger partial charge in [-0.2, -0.15) is 0 Å². The number of carbonyl (C=O) groups is 1. The monoisotopic (exact) mass is 313 g/mol. The van der Waals surface area contributed by atoms with Crippen LogP contribution in [0.5, 0.6) is 0 Å². The fourth-order valence-corrected chi connectivity index (χ4v) is 3.09. The molecule has 2 aromatic rings. The first-order chi connectivity index (χ1) is 11.2. The molecule has 2 heterocycles. The van der Waals surface area contributed by atoms with Crippen LogP contribution in [-0.2, 0) is 6.42 Å². The fraction of sp³-hybridized carbons (Fsp3) is 0.444. The zero-order valence-corrected chi connectivity index (χ0v) is 13.5. The summed E-state index contributed by atoms with van der Waals surface area (Å²) in [5.74, 6) is 0.436. The van der Waals surface area contributed by atoms with E-state index in [9.17, 15) is 4.79 Å². The summed E-state index contributed by atoms with van der Waals surface area (Å²) in [4.78, 5) is 18.6. The maximum atomic E-state index is 12.2. The lowest BCUT2D eigenvalue weighted by Crippen LogP contribution is -2.48. The van der Waals surface area contributed by atoms with Crippen molar-refractivity contribution in [3.63, 3.8) is 0 Å². The Morgan fingerprint density at radius 1 is 1.39 bits per heavy atom. The van der Waals surface area contributed by atoms with Crippen molar-refractivity contribution >= 4 is 5.91 Å². The molecule has 1 saturated heterocycles. The highest BCUT2D eigenvalue weighted by molar-refractivity contribution is 5.93. The third-order valence-corrected chi connectivity index (χ3v) is 4.36. The first kappa shape index (κ1) is 15.7. The quantitative estimate of drug-likeness (QED) is 0.921. The van der Waals surface area contributed by atoms with Crippen LogP contribution in [0.25, 0.3) is 0 Å². The minimum Gasteiger partial charge on any atom is -0.448 e. The summed E-state index contributed by atoms with van der Waals surface area (Å²) in [5, 5.41) is 3.09. The van der Waals surface area contributed by atoms with Gasteiger partial charge in [0.05, 0.1) is 0 Å². The zero-order chi connectivity index (χ0) is 16.1. The summed E-state index contributed by atoms with van der Waals surface area (Å²) in [6.45, 7) is 4.78. The van der Waals surface area contributed by atoms with Crippen LogP contribution < -0.4 is 5.32 Å². The van der Waals surface area contributed by atoms with Gasteiger partial charge in [-0.3, -0.25) is 4.79 Å². The summed E-state index contributed by atoms with van der Waals surface area (Å²) in [6.07, 6.45) is 4.49. The van der Waals surface area contributed by atoms with E-state index in [4.69, 9.17) is 4.42 Å². The van der Waals surface area contributed by atoms with E-state index in [0.717, 1.165) is 38.9 Å². The molecule has 5 heteroatoms. The number of amides is 1. The molecule has 0 bridgehead atoms. The molecule has 5 nitrogen and oxygen atoms in total. The highest BCUT2D eigenvalue weighted by atomic mass is 16.3. The number of nitrogens with one attached hydrogen (secondary N) is 1. The molecule has 0 unspecified atom stereocenters. The minimum absolute atomic E-state index is 0.133. The van der Waals surface area contributed by atoms with Gasteiger partial charge in [0, 0.05) is 19.1 Å². The smallest absolute Gasteiger partial charge is 0.273 e. The number of aromatic nitrogens is 1. The summed E-state index contributed by atoms with van der Waals surface area (Å²) in [7, 11) is 0. The van der Waals surface area contributed by atoms with Crippen molar-refractivity contribution in [2.24, 2.45) is 0 Å². The van der Waals surface area contributed by atoms with E-state index >= 15 is 0 Å². The number of likely N-dealkylation sites (tertiary alicyclic amines) is 1. The third kappa shape index (κ3) is 4.20. The van der Waals surface area contributed by atoms with E-state index < -0.39 is 0 Å². The molecule has 0 spiro atoms. The first-order valence-electron chi connectivity index (χ1n) is 8.19. The van der Waals surface area contributed by atoms with Gasteiger partial charge in [-0.25, -0.2) is 4.98 Å². The number of nitrogens with zero attached hydrogens (tertiary/aromatic N) is 2. The summed E-state index contributed by atoms with van der Waals surface area (Å²) in [6, 6.07) is 10.7. The van der Waals surface area contributed by atoms with Crippen molar-refractivity contribution in [1.29, 1.82) is 0 Å². The highest BCUT2D eigenvalue weighted by Gasteiger charge is 2.23. The molecule has 1 fully saturated rings. The molecule has 1 aliphatic heterocycles. The third-order valence-electron chi connectivity index (χ3n) is 4.36. The topological polar surface area (TPSA) is 58.4 Å². The Hall–Kier alpha value is -2.14. The average molecular weight is 313 g/mol. The van der Waals surface area contributed by atoms with Crippen molar-refractivity contribution in [3.05, 3.63) is 53.7 Å². The maximum absolute atomic E-state index is 12.2. The van der Waals surface area contributed by atoms with Crippen LogP contribution in [0.3, 0.4) is 0 Å². The van der Waals surface area contributed by atoms with Crippen LogP contribution in [0.4, 0.5) is 0 Å². The molecule has 1 aromatic carbocycles. The van der Waals surface area contributed by atoms with Gasteiger partial charge in [-0.05, 0) is 38.3 Å². The number of hydrogen-bond donors (Lipinski definition) is 1. The van der Waals surface area contributed by atoms with E-state index in [1.165, 1.54) is 12.0 Å². The van der Waals surface area contributed by atoms with Crippen molar-refractivity contribution in [3.8, 4) is 0 Å². The van der Waals surface area contributed by atoms with E-state index in [0.29, 0.717) is 11.5 Å². The minimum atomic E-state index is -0.133. The molecule has 122 valence electrons. The molecule has 0 radical (unpaired) electrons. The van der Waals surface area contributed by atoms with Gasteiger partial charge < -0.3 is 14.6 Å². The normalized spacial score (nSPS) is 18.7. The summed E-state index contributed by atoms with van der Waals surface area (Å²) >= 11 is 0. The Bertz CT molecular complexity index is 639. The number of oxazole rings is 1. The second kappa shape index (κ2) is 7.42. The lowest BCUT2D eigenvalue weighted by Gasteiger charge is -2.33.